The molecule has 2 aromatic carbocycles. The quantitative estimate of drug-likeness (QED) is 0.258. The zero-order valence-corrected chi connectivity index (χ0v) is 24.0. The molecule has 0 spiro atoms. The van der Waals surface area contributed by atoms with E-state index in [1.54, 1.807) is 20.8 Å². The molecule has 0 heterocycles. The van der Waals surface area contributed by atoms with Crippen molar-refractivity contribution in [3.63, 3.8) is 0 Å². The van der Waals surface area contributed by atoms with Crippen molar-refractivity contribution < 1.29 is 24.2 Å². The minimum absolute atomic E-state index is 0.0455. The summed E-state index contributed by atoms with van der Waals surface area (Å²) in [7, 11) is -2.20. The van der Waals surface area contributed by atoms with Gasteiger partial charge >= 0.3 is 5.97 Å². The largest absolute Gasteiger partial charge is 0.457 e. The number of esters is 1. The molecule has 2 aromatic rings. The molecule has 0 aliphatic heterocycles. The van der Waals surface area contributed by atoms with Crippen LogP contribution in [-0.2, 0) is 14.0 Å². The summed E-state index contributed by atoms with van der Waals surface area (Å²) in [5.41, 5.74) is 1.69. The van der Waals surface area contributed by atoms with Gasteiger partial charge in [0.05, 0.1) is 24.3 Å². The number of nitrogens with zero attached hydrogens (tertiary/aromatic N) is 1. The van der Waals surface area contributed by atoms with Gasteiger partial charge in [-0.3, -0.25) is 9.79 Å². The molecule has 6 nitrogen and oxygen atoms in total. The van der Waals surface area contributed by atoms with Gasteiger partial charge in [-0.15, -0.1) is 0 Å². The van der Waals surface area contributed by atoms with Gasteiger partial charge in [0.25, 0.3) is 0 Å². The number of ether oxygens (including phenoxy) is 1. The summed E-state index contributed by atoms with van der Waals surface area (Å²) in [4.78, 5) is 18.0. The van der Waals surface area contributed by atoms with Crippen molar-refractivity contribution in [1.29, 1.82) is 0 Å². The Hall–Kier alpha value is -2.32. The average molecular weight is 514 g/mol. The predicted molar refractivity (Wildman–Crippen MR) is 148 cm³/mol. The van der Waals surface area contributed by atoms with E-state index in [9.17, 15) is 15.0 Å². The minimum atomic E-state index is -2.20. The van der Waals surface area contributed by atoms with Crippen LogP contribution in [0.2, 0.25) is 18.1 Å². The van der Waals surface area contributed by atoms with Gasteiger partial charge in [0.1, 0.15) is 12.1 Å². The Morgan fingerprint density at radius 3 is 1.78 bits per heavy atom. The zero-order valence-electron chi connectivity index (χ0n) is 23.0. The third kappa shape index (κ3) is 8.10. The van der Waals surface area contributed by atoms with Crippen molar-refractivity contribution in [2.24, 2.45) is 10.4 Å². The molecule has 0 bridgehead atoms. The van der Waals surface area contributed by atoms with Crippen molar-refractivity contribution in [2.45, 2.75) is 77.9 Å². The lowest BCUT2D eigenvalue weighted by Gasteiger charge is -2.38. The van der Waals surface area contributed by atoms with Crippen LogP contribution in [0.15, 0.2) is 65.7 Å². The molecule has 2 N–H and O–H groups in total. The molecule has 0 aliphatic rings. The molecule has 2 rings (SSSR count). The fraction of sp³-hybridized carbons (Fsp3) is 0.517. The summed E-state index contributed by atoms with van der Waals surface area (Å²) in [6, 6.07) is 18.8. The van der Waals surface area contributed by atoms with E-state index in [1.165, 1.54) is 0 Å². The Kier molecular flexibility index (Phi) is 10.2. The lowest BCUT2D eigenvalue weighted by atomic mass is 9.96. The van der Waals surface area contributed by atoms with Crippen LogP contribution >= 0.6 is 0 Å². The molecule has 7 heteroatoms. The molecule has 0 aliphatic carbocycles. The van der Waals surface area contributed by atoms with E-state index in [1.807, 2.05) is 60.7 Å². The van der Waals surface area contributed by atoms with E-state index >= 15 is 0 Å². The monoisotopic (exact) mass is 513 g/mol. The number of rotatable bonds is 10. The molecule has 0 saturated heterocycles. The van der Waals surface area contributed by atoms with Crippen molar-refractivity contribution in [3.05, 3.63) is 71.8 Å². The van der Waals surface area contributed by atoms with Crippen molar-refractivity contribution in [1.82, 2.24) is 0 Å². The van der Waals surface area contributed by atoms with E-state index in [0.29, 0.717) is 5.71 Å². The smallest absolute Gasteiger partial charge is 0.311 e. The van der Waals surface area contributed by atoms with Crippen molar-refractivity contribution in [3.8, 4) is 0 Å². The van der Waals surface area contributed by atoms with E-state index in [4.69, 9.17) is 14.2 Å². The molecule has 0 aromatic heterocycles. The van der Waals surface area contributed by atoms with Gasteiger partial charge in [-0.05, 0) is 38.9 Å². The summed E-state index contributed by atoms with van der Waals surface area (Å²) in [5, 5.41) is 20.6. The maximum atomic E-state index is 12.9. The molecule has 0 saturated carbocycles. The minimum Gasteiger partial charge on any atom is -0.457 e. The summed E-state index contributed by atoms with van der Waals surface area (Å²) in [6.45, 7) is 15.6. The first-order chi connectivity index (χ1) is 16.7. The molecule has 36 heavy (non-hydrogen) atoms. The number of carbonyl (C=O) groups excluding carboxylic acids is 1. The number of hydrogen-bond donors (Lipinski definition) is 2. The van der Waals surface area contributed by atoms with Crippen molar-refractivity contribution >= 4 is 20.0 Å². The highest BCUT2D eigenvalue weighted by Crippen LogP contribution is 2.37. The highest BCUT2D eigenvalue weighted by atomic mass is 28.4. The van der Waals surface area contributed by atoms with Crippen LogP contribution in [0.3, 0.4) is 0 Å². The average Bonchev–Trinajstić information content (AvgIpc) is 2.82. The maximum Gasteiger partial charge on any atom is 0.311 e. The van der Waals surface area contributed by atoms with Crippen LogP contribution in [0.5, 0.6) is 0 Å². The molecule has 198 valence electrons. The van der Waals surface area contributed by atoms with E-state index in [-0.39, 0.29) is 11.6 Å². The van der Waals surface area contributed by atoms with Gasteiger partial charge in [-0.2, -0.15) is 0 Å². The first kappa shape index (κ1) is 29.9. The molecule has 0 fully saturated rings. The summed E-state index contributed by atoms with van der Waals surface area (Å²) >= 11 is 0. The lowest BCUT2D eigenvalue weighted by molar-refractivity contribution is -0.168. The molecule has 0 unspecified atom stereocenters. The van der Waals surface area contributed by atoms with E-state index < -0.39 is 44.6 Å². The van der Waals surface area contributed by atoms with Crippen LogP contribution in [0, 0.1) is 5.41 Å². The predicted octanol–water partition coefficient (Wildman–Crippen LogP) is 5.23. The Morgan fingerprint density at radius 1 is 0.917 bits per heavy atom. The Balaban J connectivity index is 2.64. The standard InChI is InChI=1S/C29H43NO5Si/c1-28(2,3)27(33)35-26(24(32)19-31)23(20-34-36(7,8)29(4,5)6)30-25(21-15-11-9-12-16-21)22-17-13-10-14-18-22/h9-18,23-24,26,31-32H,19-20H2,1-8H3/t23-,24-,26+/m1/s1. The normalized spacial score (nSPS) is 15.1. The highest BCUT2D eigenvalue weighted by molar-refractivity contribution is 6.74. The molecule has 0 amide bonds. The third-order valence-corrected chi connectivity index (χ3v) is 11.1. The summed E-state index contributed by atoms with van der Waals surface area (Å²) < 4.78 is 12.4. The number of aliphatic imine (C=N–C) groups is 1. The Bertz CT molecular complexity index is 952. The van der Waals surface area contributed by atoms with Crippen LogP contribution in [0.1, 0.15) is 52.7 Å². The molecular weight excluding hydrogens is 470 g/mol. The van der Waals surface area contributed by atoms with Crippen LogP contribution in [-0.4, -0.2) is 61.7 Å². The van der Waals surface area contributed by atoms with Gasteiger partial charge in [-0.25, -0.2) is 0 Å². The SMILES string of the molecule is CC(C)(C)C(=O)O[C@H]([C@H](O)CO)[C@@H](CO[Si](C)(C)C(C)(C)C)N=C(c1ccccc1)c1ccccc1. The summed E-state index contributed by atoms with van der Waals surface area (Å²) in [6.07, 6.45) is -2.41. The first-order valence-electron chi connectivity index (χ1n) is 12.5. The second-order valence-corrected chi connectivity index (χ2v) is 16.5. The van der Waals surface area contributed by atoms with Gasteiger partial charge in [0.15, 0.2) is 14.4 Å². The number of aliphatic hydroxyl groups excluding tert-OH is 2. The van der Waals surface area contributed by atoms with Gasteiger partial charge in [0.2, 0.25) is 0 Å². The number of carbonyl (C=O) groups is 1. The first-order valence-corrected chi connectivity index (χ1v) is 15.4. The maximum absolute atomic E-state index is 12.9. The molecule has 0 radical (unpaired) electrons. The highest BCUT2D eigenvalue weighted by Gasteiger charge is 2.41. The lowest BCUT2D eigenvalue weighted by Crippen LogP contribution is -2.49. The molecule has 3 atom stereocenters. The van der Waals surface area contributed by atoms with Crippen molar-refractivity contribution in [2.75, 3.05) is 13.2 Å². The second-order valence-electron chi connectivity index (χ2n) is 11.7. The number of hydrogen-bond acceptors (Lipinski definition) is 6. The molecular formula is C29H43NO5Si. The summed E-state index contributed by atoms with van der Waals surface area (Å²) in [5.74, 6) is -0.478. The van der Waals surface area contributed by atoms with E-state index in [0.717, 1.165) is 11.1 Å². The number of aliphatic hydroxyl groups is 2. The Labute approximate surface area is 217 Å². The zero-order chi connectivity index (χ0) is 27.1. The number of benzene rings is 2. The Morgan fingerprint density at radius 2 is 1.39 bits per heavy atom. The van der Waals surface area contributed by atoms with E-state index in [2.05, 4.69) is 33.9 Å². The van der Waals surface area contributed by atoms with Crippen LogP contribution in [0.4, 0.5) is 0 Å². The fourth-order valence-corrected chi connectivity index (χ4v) is 4.23. The van der Waals surface area contributed by atoms with Crippen LogP contribution < -0.4 is 0 Å². The van der Waals surface area contributed by atoms with Gasteiger partial charge in [0, 0.05) is 11.1 Å². The van der Waals surface area contributed by atoms with Crippen LogP contribution in [0.25, 0.3) is 0 Å². The van der Waals surface area contributed by atoms with Gasteiger partial charge in [-0.1, -0.05) is 81.4 Å². The fourth-order valence-electron chi connectivity index (χ4n) is 3.21. The van der Waals surface area contributed by atoms with Gasteiger partial charge < -0.3 is 19.4 Å². The third-order valence-electron chi connectivity index (χ3n) is 6.61. The second kappa shape index (κ2) is 12.3. The topological polar surface area (TPSA) is 88.4 Å².